The number of amides is 2. The molecule has 1 atom stereocenters. The van der Waals surface area contributed by atoms with E-state index < -0.39 is 5.54 Å². The predicted molar refractivity (Wildman–Crippen MR) is 88.1 cm³/mol. The third kappa shape index (κ3) is 3.28. The van der Waals surface area contributed by atoms with Crippen LogP contribution in [0.3, 0.4) is 0 Å². The van der Waals surface area contributed by atoms with Gasteiger partial charge in [0.25, 0.3) is 0 Å². The number of rotatable bonds is 4. The highest BCUT2D eigenvalue weighted by molar-refractivity contribution is 5.93. The van der Waals surface area contributed by atoms with E-state index in [-0.39, 0.29) is 30.1 Å². The Kier molecular flexibility index (Phi) is 5.11. The molecule has 1 aliphatic heterocycles. The number of ether oxygens (including phenoxy) is 1. The lowest BCUT2D eigenvalue weighted by molar-refractivity contribution is -0.153. The van der Waals surface area contributed by atoms with Gasteiger partial charge in [0.2, 0.25) is 11.8 Å². The Balaban J connectivity index is 1.65. The molecule has 2 saturated carbocycles. The van der Waals surface area contributed by atoms with Gasteiger partial charge in [-0.1, -0.05) is 32.1 Å². The highest BCUT2D eigenvalue weighted by Crippen LogP contribution is 2.32. The van der Waals surface area contributed by atoms with Gasteiger partial charge >= 0.3 is 5.97 Å². The van der Waals surface area contributed by atoms with E-state index >= 15 is 0 Å². The average molecular weight is 336 g/mol. The Bertz CT molecular complexity index is 507. The lowest BCUT2D eigenvalue weighted by Crippen LogP contribution is -2.57. The maximum absolute atomic E-state index is 12.7. The van der Waals surface area contributed by atoms with Crippen LogP contribution in [0.1, 0.15) is 64.2 Å². The maximum Gasteiger partial charge on any atom is 0.331 e. The van der Waals surface area contributed by atoms with Crippen LogP contribution in [0.4, 0.5) is 0 Å². The molecule has 3 aliphatic rings. The van der Waals surface area contributed by atoms with E-state index in [1.807, 2.05) is 4.90 Å². The Labute approximate surface area is 143 Å². The van der Waals surface area contributed by atoms with Crippen molar-refractivity contribution in [2.75, 3.05) is 13.7 Å². The Hall–Kier alpha value is -1.59. The smallest absolute Gasteiger partial charge is 0.331 e. The van der Waals surface area contributed by atoms with Crippen LogP contribution in [0.25, 0.3) is 0 Å². The fourth-order valence-corrected chi connectivity index (χ4v) is 4.54. The molecule has 0 bridgehead atoms. The molecule has 1 unspecified atom stereocenters. The summed E-state index contributed by atoms with van der Waals surface area (Å²) in [6.45, 7) is 0.493. The number of carbonyl (C=O) groups excluding carboxylic acids is 3. The van der Waals surface area contributed by atoms with Crippen molar-refractivity contribution in [1.82, 2.24) is 10.2 Å². The van der Waals surface area contributed by atoms with Gasteiger partial charge in [0.1, 0.15) is 5.54 Å². The van der Waals surface area contributed by atoms with E-state index in [4.69, 9.17) is 4.74 Å². The molecule has 6 heteroatoms. The lowest BCUT2D eigenvalue weighted by atomic mass is 9.81. The molecule has 0 aromatic rings. The second kappa shape index (κ2) is 7.11. The first-order valence-corrected chi connectivity index (χ1v) is 9.26. The third-order valence-electron chi connectivity index (χ3n) is 5.94. The highest BCUT2D eigenvalue weighted by Gasteiger charge is 2.45. The second-order valence-corrected chi connectivity index (χ2v) is 7.51. The van der Waals surface area contributed by atoms with Gasteiger partial charge in [0, 0.05) is 19.0 Å². The number of carbonyl (C=O) groups is 3. The van der Waals surface area contributed by atoms with E-state index in [1.54, 1.807) is 0 Å². The number of nitrogens with zero attached hydrogens (tertiary/aromatic N) is 1. The van der Waals surface area contributed by atoms with Crippen LogP contribution < -0.4 is 5.32 Å². The van der Waals surface area contributed by atoms with Crippen LogP contribution in [-0.4, -0.2) is 47.9 Å². The van der Waals surface area contributed by atoms with Crippen molar-refractivity contribution in [1.29, 1.82) is 0 Å². The average Bonchev–Trinajstić information content (AvgIpc) is 3.24. The fourth-order valence-electron chi connectivity index (χ4n) is 4.54. The van der Waals surface area contributed by atoms with E-state index in [1.165, 1.54) is 7.11 Å². The number of hydrogen-bond acceptors (Lipinski definition) is 4. The summed E-state index contributed by atoms with van der Waals surface area (Å²) in [6, 6.07) is 0.305. The number of hydrogen-bond donors (Lipinski definition) is 1. The van der Waals surface area contributed by atoms with Gasteiger partial charge in [-0.2, -0.15) is 0 Å². The zero-order valence-electron chi connectivity index (χ0n) is 14.5. The molecule has 3 rings (SSSR count). The highest BCUT2D eigenvalue weighted by atomic mass is 16.5. The molecular formula is C18H28N2O4. The van der Waals surface area contributed by atoms with Crippen molar-refractivity contribution < 1.29 is 19.1 Å². The minimum Gasteiger partial charge on any atom is -0.467 e. The Morgan fingerprint density at radius 1 is 1.12 bits per heavy atom. The monoisotopic (exact) mass is 336 g/mol. The first-order chi connectivity index (χ1) is 11.6. The predicted octanol–water partition coefficient (Wildman–Crippen LogP) is 1.77. The molecule has 0 spiro atoms. The molecule has 1 saturated heterocycles. The van der Waals surface area contributed by atoms with Gasteiger partial charge in [-0.05, 0) is 25.7 Å². The van der Waals surface area contributed by atoms with E-state index in [0.717, 1.165) is 44.9 Å². The molecule has 1 N–H and O–H groups in total. The van der Waals surface area contributed by atoms with Gasteiger partial charge in [-0.15, -0.1) is 0 Å². The number of esters is 1. The van der Waals surface area contributed by atoms with E-state index in [9.17, 15) is 14.4 Å². The molecule has 0 aromatic carbocycles. The van der Waals surface area contributed by atoms with E-state index in [2.05, 4.69) is 5.32 Å². The minimum absolute atomic E-state index is 0.0813. The molecule has 0 radical (unpaired) electrons. The van der Waals surface area contributed by atoms with Crippen LogP contribution in [0.5, 0.6) is 0 Å². The second-order valence-electron chi connectivity index (χ2n) is 7.51. The summed E-state index contributed by atoms with van der Waals surface area (Å²) < 4.78 is 4.95. The molecule has 2 amide bonds. The van der Waals surface area contributed by atoms with Crippen LogP contribution >= 0.6 is 0 Å². The Morgan fingerprint density at radius 3 is 2.42 bits per heavy atom. The molecule has 0 aromatic heterocycles. The summed E-state index contributed by atoms with van der Waals surface area (Å²) in [5.41, 5.74) is -0.895. The first kappa shape index (κ1) is 17.2. The topological polar surface area (TPSA) is 75.7 Å². The zero-order chi connectivity index (χ0) is 17.2. The summed E-state index contributed by atoms with van der Waals surface area (Å²) in [7, 11) is 1.37. The standard InChI is InChI=1S/C18H28N2O4/c1-24-17(23)18(9-5-2-6-10-18)19-16(22)13-11-15(21)20(12-13)14-7-3-4-8-14/h13-14H,2-12H2,1H3,(H,19,22). The molecule has 6 nitrogen and oxygen atoms in total. The number of methoxy groups -OCH3 is 1. The molecular weight excluding hydrogens is 308 g/mol. The van der Waals surface area contributed by atoms with Crippen molar-refractivity contribution in [3.8, 4) is 0 Å². The molecule has 2 aliphatic carbocycles. The van der Waals surface area contributed by atoms with Crippen LogP contribution in [0.2, 0.25) is 0 Å². The summed E-state index contributed by atoms with van der Waals surface area (Å²) in [6.07, 6.45) is 8.83. The summed E-state index contributed by atoms with van der Waals surface area (Å²) >= 11 is 0. The quantitative estimate of drug-likeness (QED) is 0.794. The van der Waals surface area contributed by atoms with Crippen molar-refractivity contribution >= 4 is 17.8 Å². The molecule has 24 heavy (non-hydrogen) atoms. The van der Waals surface area contributed by atoms with Crippen molar-refractivity contribution in [3.63, 3.8) is 0 Å². The summed E-state index contributed by atoms with van der Waals surface area (Å²) in [5, 5.41) is 2.96. The van der Waals surface area contributed by atoms with Gasteiger partial charge in [0.15, 0.2) is 0 Å². The first-order valence-electron chi connectivity index (χ1n) is 9.26. The molecule has 3 fully saturated rings. The molecule has 134 valence electrons. The van der Waals surface area contributed by atoms with Crippen molar-refractivity contribution in [2.45, 2.75) is 75.8 Å². The van der Waals surface area contributed by atoms with Crippen molar-refractivity contribution in [3.05, 3.63) is 0 Å². The normalized spacial score (nSPS) is 27.3. The largest absolute Gasteiger partial charge is 0.467 e. The van der Waals surface area contributed by atoms with Gasteiger partial charge < -0.3 is 15.0 Å². The molecule has 1 heterocycles. The van der Waals surface area contributed by atoms with Gasteiger partial charge in [-0.25, -0.2) is 4.79 Å². The van der Waals surface area contributed by atoms with Gasteiger partial charge in [0.05, 0.1) is 13.0 Å². The zero-order valence-corrected chi connectivity index (χ0v) is 14.5. The van der Waals surface area contributed by atoms with Gasteiger partial charge in [-0.3, -0.25) is 9.59 Å². The van der Waals surface area contributed by atoms with Crippen LogP contribution in [-0.2, 0) is 19.1 Å². The van der Waals surface area contributed by atoms with Crippen molar-refractivity contribution in [2.24, 2.45) is 5.92 Å². The maximum atomic E-state index is 12.7. The van der Waals surface area contributed by atoms with E-state index in [0.29, 0.717) is 25.4 Å². The minimum atomic E-state index is -0.895. The Morgan fingerprint density at radius 2 is 1.79 bits per heavy atom. The third-order valence-corrected chi connectivity index (χ3v) is 5.94. The number of likely N-dealkylation sites (tertiary alicyclic amines) is 1. The SMILES string of the molecule is COC(=O)C1(NC(=O)C2CC(=O)N(C3CCCC3)C2)CCCCC1. The fraction of sp³-hybridized carbons (Fsp3) is 0.833. The summed E-state index contributed by atoms with van der Waals surface area (Å²) in [5.74, 6) is -0.789. The van der Waals surface area contributed by atoms with Crippen LogP contribution in [0, 0.1) is 5.92 Å². The summed E-state index contributed by atoms with van der Waals surface area (Å²) in [4.78, 5) is 39.2. The van der Waals surface area contributed by atoms with Crippen LogP contribution in [0.15, 0.2) is 0 Å². The number of nitrogens with one attached hydrogen (secondary N) is 1. The lowest BCUT2D eigenvalue weighted by Gasteiger charge is -2.36.